The van der Waals surface area contributed by atoms with Gasteiger partial charge in [-0.2, -0.15) is 8.42 Å². The van der Waals surface area contributed by atoms with Gasteiger partial charge in [0.1, 0.15) is 10.7 Å². The summed E-state index contributed by atoms with van der Waals surface area (Å²) >= 11 is 0. The molecule has 0 amide bonds. The average molecular weight is 557 g/mol. The molecule has 1 N–H and O–H groups in total. The maximum absolute atomic E-state index is 14.4. The number of aryl methyl sites for hydroxylation is 1. The molecule has 2 aliphatic rings. The van der Waals surface area contributed by atoms with Crippen LogP contribution in [0.5, 0.6) is 5.75 Å². The van der Waals surface area contributed by atoms with Crippen molar-refractivity contribution in [3.8, 4) is 5.75 Å². The first-order valence-corrected chi connectivity index (χ1v) is 15.4. The summed E-state index contributed by atoms with van der Waals surface area (Å²) in [6, 6.07) is 27.2. The van der Waals surface area contributed by atoms with Crippen molar-refractivity contribution in [1.82, 2.24) is 3.89 Å². The Labute approximate surface area is 235 Å². The Morgan fingerprint density at radius 3 is 2.23 bits per heavy atom. The van der Waals surface area contributed by atoms with E-state index in [1.165, 1.54) is 18.7 Å². The van der Waals surface area contributed by atoms with Crippen molar-refractivity contribution in [3.05, 3.63) is 118 Å². The first-order valence-electron chi connectivity index (χ1n) is 13.9. The molecule has 0 spiro atoms. The summed E-state index contributed by atoms with van der Waals surface area (Å²) < 4.78 is 33.8. The first kappa shape index (κ1) is 26.5. The Morgan fingerprint density at radius 2 is 1.60 bits per heavy atom. The number of benzene rings is 3. The van der Waals surface area contributed by atoms with Crippen LogP contribution in [0, 0.1) is 0 Å². The molecule has 2 aliphatic carbocycles. The number of hydrogen-bond donors (Lipinski definition) is 1. The number of nitrogens with zero attached hydrogens (tertiary/aromatic N) is 1. The predicted molar refractivity (Wildman–Crippen MR) is 156 cm³/mol. The Hall–Kier alpha value is -3.68. The van der Waals surface area contributed by atoms with Gasteiger partial charge in [-0.15, -0.1) is 3.89 Å². The van der Waals surface area contributed by atoms with Gasteiger partial charge in [0.15, 0.2) is 11.4 Å². The molecule has 0 bridgehead atoms. The fourth-order valence-electron chi connectivity index (χ4n) is 5.83. The highest BCUT2D eigenvalue weighted by Gasteiger charge is 2.51. The van der Waals surface area contributed by atoms with Gasteiger partial charge in [-0.05, 0) is 74.1 Å². The van der Waals surface area contributed by atoms with E-state index in [2.05, 4.69) is 12.1 Å². The minimum atomic E-state index is -4.24. The zero-order chi connectivity index (χ0) is 28.0. The van der Waals surface area contributed by atoms with E-state index in [1.807, 2.05) is 24.3 Å². The second-order valence-electron chi connectivity index (χ2n) is 11.3. The fourth-order valence-corrected chi connectivity index (χ4v) is 7.60. The molecule has 206 valence electrons. The SMILES string of the molecule is C[N+](c1ccccc1)(c1c(O)cc(C2(CCCc3ccccc3)CC2)oc1=O)S(=O)(=O)c1cccc(C2CC2)c1. The molecule has 1 unspecified atom stereocenters. The molecule has 0 saturated heterocycles. The normalized spacial score (nSPS) is 17.7. The van der Waals surface area contributed by atoms with Crippen LogP contribution in [0.25, 0.3) is 0 Å². The van der Waals surface area contributed by atoms with E-state index in [4.69, 9.17) is 4.42 Å². The van der Waals surface area contributed by atoms with Crippen LogP contribution in [0.1, 0.15) is 61.3 Å². The number of rotatable bonds is 10. The summed E-state index contributed by atoms with van der Waals surface area (Å²) in [6.07, 6.45) is 6.44. The number of hydrogen-bond acceptors (Lipinski definition) is 5. The number of para-hydroxylation sites is 1. The van der Waals surface area contributed by atoms with E-state index in [0.717, 1.165) is 50.5 Å². The molecule has 2 fully saturated rings. The van der Waals surface area contributed by atoms with E-state index >= 15 is 0 Å². The molecule has 6 rings (SSSR count). The monoisotopic (exact) mass is 556 g/mol. The topological polar surface area (TPSA) is 84.6 Å². The van der Waals surface area contributed by atoms with Gasteiger partial charge < -0.3 is 9.52 Å². The highest BCUT2D eigenvalue weighted by molar-refractivity contribution is 7.91. The Morgan fingerprint density at radius 1 is 0.925 bits per heavy atom. The van der Waals surface area contributed by atoms with Crippen molar-refractivity contribution >= 4 is 21.4 Å². The summed E-state index contributed by atoms with van der Waals surface area (Å²) in [5, 5.41) is 11.4. The highest BCUT2D eigenvalue weighted by Crippen LogP contribution is 2.53. The number of quaternary nitrogens is 1. The third-order valence-corrected chi connectivity index (χ3v) is 10.8. The van der Waals surface area contributed by atoms with Crippen LogP contribution in [0.15, 0.2) is 105 Å². The molecule has 6 nitrogen and oxygen atoms in total. The molecule has 1 aromatic heterocycles. The minimum absolute atomic E-state index is 0.103. The number of aromatic hydroxyl groups is 1. The standard InChI is InChI=1S/C33H33NO5S/c1-34(27-14-6-3-7-15-27,40(37,38)28-16-8-13-26(22-28)25-17-18-25)31-29(35)23-30(39-32(31)36)33(20-21-33)19-9-12-24-10-4-2-5-11-24/h2-8,10-11,13-16,22-23,25H,9,12,17-21H2,1H3/p+1. The second-order valence-corrected chi connectivity index (χ2v) is 13.5. The van der Waals surface area contributed by atoms with Gasteiger partial charge in [0.05, 0.1) is 7.05 Å². The van der Waals surface area contributed by atoms with Gasteiger partial charge in [0.25, 0.3) is 5.69 Å². The van der Waals surface area contributed by atoms with Crippen LogP contribution < -0.4 is 9.51 Å². The predicted octanol–water partition coefficient (Wildman–Crippen LogP) is 6.94. The first-order chi connectivity index (χ1) is 19.2. The van der Waals surface area contributed by atoms with Crippen LogP contribution >= 0.6 is 0 Å². The smallest absolute Gasteiger partial charge is 0.403 e. The van der Waals surface area contributed by atoms with Crippen molar-refractivity contribution in [2.75, 3.05) is 7.05 Å². The summed E-state index contributed by atoms with van der Waals surface area (Å²) in [7, 11) is -2.80. The molecular weight excluding hydrogens is 522 g/mol. The average Bonchev–Trinajstić information content (AvgIpc) is 3.89. The van der Waals surface area contributed by atoms with Crippen LogP contribution in [0.2, 0.25) is 0 Å². The molecule has 0 aliphatic heterocycles. The van der Waals surface area contributed by atoms with Gasteiger partial charge >= 0.3 is 15.6 Å². The maximum Gasteiger partial charge on any atom is 0.403 e. The van der Waals surface area contributed by atoms with Crippen molar-refractivity contribution in [3.63, 3.8) is 0 Å². The molecule has 2 saturated carbocycles. The van der Waals surface area contributed by atoms with Crippen molar-refractivity contribution < 1.29 is 17.9 Å². The third kappa shape index (κ3) is 4.67. The van der Waals surface area contributed by atoms with Crippen LogP contribution in [0.3, 0.4) is 0 Å². The van der Waals surface area contributed by atoms with Gasteiger partial charge in [0.2, 0.25) is 0 Å². The van der Waals surface area contributed by atoms with Gasteiger partial charge in [-0.25, -0.2) is 4.79 Å². The largest absolute Gasteiger partial charge is 0.502 e. The molecule has 1 heterocycles. The lowest BCUT2D eigenvalue weighted by Gasteiger charge is -2.31. The fraction of sp³-hybridized carbons (Fsp3) is 0.303. The van der Waals surface area contributed by atoms with Crippen LogP contribution in [-0.4, -0.2) is 20.6 Å². The van der Waals surface area contributed by atoms with Crippen molar-refractivity contribution in [2.24, 2.45) is 0 Å². The minimum Gasteiger partial charge on any atom is -0.502 e. The van der Waals surface area contributed by atoms with Crippen molar-refractivity contribution in [2.45, 2.75) is 61.2 Å². The van der Waals surface area contributed by atoms with Gasteiger partial charge in [-0.1, -0.05) is 60.7 Å². The Bertz CT molecular complexity index is 1690. The summed E-state index contributed by atoms with van der Waals surface area (Å²) in [5.74, 6) is 0.424. The molecule has 40 heavy (non-hydrogen) atoms. The van der Waals surface area contributed by atoms with Crippen molar-refractivity contribution in [1.29, 1.82) is 0 Å². The lowest BCUT2D eigenvalue weighted by atomic mass is 9.94. The van der Waals surface area contributed by atoms with Gasteiger partial charge in [0, 0.05) is 23.6 Å². The zero-order valence-corrected chi connectivity index (χ0v) is 23.4. The molecule has 0 radical (unpaired) electrons. The molecular formula is C33H34NO5S+. The van der Waals surface area contributed by atoms with Gasteiger partial charge in [-0.3, -0.25) is 0 Å². The molecule has 7 heteroatoms. The quantitative estimate of drug-likeness (QED) is 0.214. The molecule has 1 atom stereocenters. The van der Waals surface area contributed by atoms with E-state index in [9.17, 15) is 18.3 Å². The Kier molecular flexibility index (Phi) is 6.67. The highest BCUT2D eigenvalue weighted by atomic mass is 32.2. The number of sulfonamides is 1. The maximum atomic E-state index is 14.4. The lowest BCUT2D eigenvalue weighted by Crippen LogP contribution is -2.48. The molecule has 4 aromatic rings. The summed E-state index contributed by atoms with van der Waals surface area (Å²) in [6.45, 7) is 0. The zero-order valence-electron chi connectivity index (χ0n) is 22.6. The van der Waals surface area contributed by atoms with Crippen LogP contribution in [0.4, 0.5) is 11.4 Å². The lowest BCUT2D eigenvalue weighted by molar-refractivity contribution is 0.369. The Balaban J connectivity index is 1.39. The summed E-state index contributed by atoms with van der Waals surface area (Å²) in [4.78, 5) is 13.8. The second kappa shape index (κ2) is 10.1. The van der Waals surface area contributed by atoms with E-state index in [0.29, 0.717) is 17.4 Å². The molecule has 3 aromatic carbocycles. The van der Waals surface area contributed by atoms with Crippen LogP contribution in [-0.2, 0) is 21.9 Å². The summed E-state index contributed by atoms with van der Waals surface area (Å²) in [5.41, 5.74) is 1.10. The van der Waals surface area contributed by atoms with E-state index in [-0.39, 0.29) is 21.7 Å². The van der Waals surface area contributed by atoms with E-state index < -0.39 is 19.5 Å². The van der Waals surface area contributed by atoms with E-state index in [1.54, 1.807) is 48.5 Å². The third-order valence-electron chi connectivity index (χ3n) is 8.61.